The maximum absolute atomic E-state index is 14.7. The summed E-state index contributed by atoms with van der Waals surface area (Å²) < 4.78 is 21.8. The molecule has 3 aliphatic rings. The minimum absolute atomic E-state index is 0.145. The van der Waals surface area contributed by atoms with E-state index < -0.39 is 11.4 Å². The summed E-state index contributed by atoms with van der Waals surface area (Å²) in [5.41, 5.74) is 1.95. The highest BCUT2D eigenvalue weighted by Gasteiger charge is 2.53. The van der Waals surface area contributed by atoms with Crippen LogP contribution in [0.25, 0.3) is 0 Å². The molecule has 5 rings (SSSR count). The summed E-state index contributed by atoms with van der Waals surface area (Å²) in [4.78, 5) is 26.4. The van der Waals surface area contributed by atoms with Crippen LogP contribution in [0.4, 0.5) is 9.18 Å². The van der Waals surface area contributed by atoms with E-state index in [0.717, 1.165) is 11.3 Å². The van der Waals surface area contributed by atoms with E-state index in [1.54, 1.807) is 22.8 Å². The van der Waals surface area contributed by atoms with Gasteiger partial charge in [0, 0.05) is 20.0 Å². The summed E-state index contributed by atoms with van der Waals surface area (Å²) in [7, 11) is 1.80. The fourth-order valence-corrected chi connectivity index (χ4v) is 5.36. The summed E-state index contributed by atoms with van der Waals surface area (Å²) >= 11 is 6.32. The average Bonchev–Trinajstić information content (AvgIpc) is 3.27. The van der Waals surface area contributed by atoms with Gasteiger partial charge in [-0.1, -0.05) is 17.7 Å². The Labute approximate surface area is 178 Å². The number of nitrogens with one attached hydrogen (secondary N) is 1. The molecule has 1 aromatic carbocycles. The highest BCUT2D eigenvalue weighted by molar-refractivity contribution is 6.31. The molecule has 2 fully saturated rings. The maximum atomic E-state index is 14.7. The molecule has 1 saturated carbocycles. The van der Waals surface area contributed by atoms with Crippen molar-refractivity contribution in [2.75, 3.05) is 13.1 Å². The van der Waals surface area contributed by atoms with Crippen molar-refractivity contribution in [3.63, 3.8) is 0 Å². The molecule has 1 unspecified atom stereocenters. The number of benzene rings is 1. The second-order valence-corrected chi connectivity index (χ2v) is 9.06. The number of nitrogens with zero attached hydrogens (tertiary/aromatic N) is 3. The van der Waals surface area contributed by atoms with Crippen molar-refractivity contribution in [2.45, 2.75) is 37.8 Å². The molecule has 7 nitrogen and oxygen atoms in total. The number of ether oxygens (including phenoxy) is 1. The van der Waals surface area contributed by atoms with Crippen LogP contribution >= 0.6 is 11.6 Å². The molecule has 9 heteroatoms. The number of alkyl carbamates (subject to hydrolysis) is 1. The van der Waals surface area contributed by atoms with Gasteiger partial charge in [0.05, 0.1) is 35.1 Å². The van der Waals surface area contributed by atoms with Gasteiger partial charge < -0.3 is 15.0 Å². The topological polar surface area (TPSA) is 76.5 Å². The Morgan fingerprint density at radius 3 is 2.77 bits per heavy atom. The molecule has 0 bridgehead atoms. The van der Waals surface area contributed by atoms with E-state index >= 15 is 0 Å². The lowest BCUT2D eigenvalue weighted by molar-refractivity contribution is -0.0555. The van der Waals surface area contributed by atoms with E-state index in [0.29, 0.717) is 42.9 Å². The van der Waals surface area contributed by atoms with Crippen LogP contribution in [0.3, 0.4) is 0 Å². The van der Waals surface area contributed by atoms with Crippen molar-refractivity contribution >= 4 is 23.6 Å². The van der Waals surface area contributed by atoms with Gasteiger partial charge in [-0.3, -0.25) is 9.48 Å². The number of carbonyl (C=O) groups is 2. The summed E-state index contributed by atoms with van der Waals surface area (Å²) in [6.07, 6.45) is 3.01. The molecule has 2 aliphatic heterocycles. The molecule has 158 valence electrons. The molecule has 2 aromatic rings. The van der Waals surface area contributed by atoms with Gasteiger partial charge in [-0.15, -0.1) is 0 Å². The Morgan fingerprint density at radius 2 is 2.13 bits per heavy atom. The van der Waals surface area contributed by atoms with Crippen molar-refractivity contribution in [1.29, 1.82) is 0 Å². The zero-order valence-corrected chi connectivity index (χ0v) is 17.5. The molecule has 1 atom stereocenters. The summed E-state index contributed by atoms with van der Waals surface area (Å²) in [6, 6.07) is 2.96. The highest BCUT2D eigenvalue weighted by Crippen LogP contribution is 2.46. The number of amides is 2. The van der Waals surface area contributed by atoms with Gasteiger partial charge in [-0.25, -0.2) is 9.18 Å². The van der Waals surface area contributed by atoms with Gasteiger partial charge in [0.15, 0.2) is 0 Å². The van der Waals surface area contributed by atoms with Crippen LogP contribution in [0.1, 0.15) is 46.1 Å². The van der Waals surface area contributed by atoms with Crippen molar-refractivity contribution < 1.29 is 18.7 Å². The Balaban J connectivity index is 1.44. The maximum Gasteiger partial charge on any atom is 0.407 e. The Bertz CT molecular complexity index is 1040. The molecule has 2 amide bonds. The van der Waals surface area contributed by atoms with E-state index in [4.69, 9.17) is 16.3 Å². The van der Waals surface area contributed by atoms with Gasteiger partial charge >= 0.3 is 6.09 Å². The third-order valence-corrected chi connectivity index (χ3v) is 6.83. The van der Waals surface area contributed by atoms with Gasteiger partial charge in [0.2, 0.25) is 0 Å². The van der Waals surface area contributed by atoms with Crippen molar-refractivity contribution in [3.8, 4) is 0 Å². The van der Waals surface area contributed by atoms with Crippen LogP contribution in [0.15, 0.2) is 18.3 Å². The zero-order valence-electron chi connectivity index (χ0n) is 16.7. The largest absolute Gasteiger partial charge is 0.441 e. The molecular weight excluding hydrogens is 411 g/mol. The van der Waals surface area contributed by atoms with E-state index in [9.17, 15) is 14.0 Å². The Kier molecular flexibility index (Phi) is 4.32. The minimum atomic E-state index is -0.488. The zero-order chi connectivity index (χ0) is 21.2. The van der Waals surface area contributed by atoms with Gasteiger partial charge in [0.25, 0.3) is 5.91 Å². The van der Waals surface area contributed by atoms with Crippen LogP contribution in [-0.4, -0.2) is 45.4 Å². The second kappa shape index (κ2) is 6.70. The summed E-state index contributed by atoms with van der Waals surface area (Å²) in [6.45, 7) is 2.80. The number of hydrogen-bond donors (Lipinski definition) is 1. The molecule has 30 heavy (non-hydrogen) atoms. The van der Waals surface area contributed by atoms with Crippen molar-refractivity contribution in [2.24, 2.45) is 13.0 Å². The van der Waals surface area contributed by atoms with Gasteiger partial charge in [0.1, 0.15) is 11.4 Å². The predicted molar refractivity (Wildman–Crippen MR) is 107 cm³/mol. The van der Waals surface area contributed by atoms with Crippen LogP contribution in [-0.2, 0) is 18.2 Å². The number of hydrogen-bond acceptors (Lipinski definition) is 4. The lowest BCUT2D eigenvalue weighted by atomic mass is 9.70. The van der Waals surface area contributed by atoms with Gasteiger partial charge in [-0.05, 0) is 42.9 Å². The predicted octanol–water partition coefficient (Wildman–Crippen LogP) is 3.15. The first kappa shape index (κ1) is 19.4. The fourth-order valence-electron chi connectivity index (χ4n) is 5.12. The van der Waals surface area contributed by atoms with Crippen LogP contribution < -0.4 is 5.32 Å². The van der Waals surface area contributed by atoms with E-state index in [-0.39, 0.29) is 29.5 Å². The van der Waals surface area contributed by atoms with E-state index in [1.807, 2.05) is 13.0 Å². The molecule has 1 aromatic heterocycles. The first-order valence-corrected chi connectivity index (χ1v) is 10.4. The number of aromatic nitrogens is 2. The molecule has 3 heterocycles. The van der Waals surface area contributed by atoms with E-state index in [1.165, 1.54) is 6.07 Å². The lowest BCUT2D eigenvalue weighted by Gasteiger charge is -2.44. The first-order valence-electron chi connectivity index (χ1n) is 10.0. The lowest BCUT2D eigenvalue weighted by Crippen LogP contribution is -2.51. The molecular formula is C21H22ClFN4O3. The van der Waals surface area contributed by atoms with E-state index in [2.05, 4.69) is 10.4 Å². The van der Waals surface area contributed by atoms with Crippen LogP contribution in [0.5, 0.6) is 0 Å². The standard InChI is InChI=1S/C21H22ClFN4O3/c1-11-3-13-16(5-17-14(22)8-25-26(17)2)27(19(28)18(13)15(23)4-11)9-12-6-21(7-12)10-24-20(29)30-21/h3-4,8,12,16H,5-7,9-10H2,1-2H3,(H,24,29). The number of aryl methyl sites for hydroxylation is 2. The molecule has 1 N–H and O–H groups in total. The monoisotopic (exact) mass is 432 g/mol. The van der Waals surface area contributed by atoms with Gasteiger partial charge in [-0.2, -0.15) is 5.10 Å². The Hall–Kier alpha value is -2.61. The SMILES string of the molecule is Cc1cc(F)c2c(c1)C(Cc1c(Cl)cnn1C)N(CC1CC3(CNC(=O)O3)C1)C2=O. The molecule has 1 spiro atoms. The minimum Gasteiger partial charge on any atom is -0.441 e. The summed E-state index contributed by atoms with van der Waals surface area (Å²) in [5, 5.41) is 7.41. The number of halogens is 2. The first-order chi connectivity index (χ1) is 14.3. The third kappa shape index (κ3) is 2.96. The Morgan fingerprint density at radius 1 is 1.37 bits per heavy atom. The smallest absolute Gasteiger partial charge is 0.407 e. The number of fused-ring (bicyclic) bond motifs is 1. The third-order valence-electron chi connectivity index (χ3n) is 6.51. The number of carbonyl (C=O) groups excluding carboxylic acids is 2. The van der Waals surface area contributed by atoms with Crippen molar-refractivity contribution in [3.05, 3.63) is 51.6 Å². The average molecular weight is 433 g/mol. The molecule has 1 saturated heterocycles. The summed E-state index contributed by atoms with van der Waals surface area (Å²) in [5.74, 6) is -0.601. The molecule has 1 aliphatic carbocycles. The number of rotatable bonds is 4. The quantitative estimate of drug-likeness (QED) is 0.805. The normalized spacial score (nSPS) is 27.3. The van der Waals surface area contributed by atoms with Crippen molar-refractivity contribution in [1.82, 2.24) is 20.0 Å². The highest BCUT2D eigenvalue weighted by atomic mass is 35.5. The fraction of sp³-hybridized carbons (Fsp3) is 0.476. The molecule has 0 radical (unpaired) electrons. The van der Waals surface area contributed by atoms with Crippen LogP contribution in [0.2, 0.25) is 5.02 Å². The second-order valence-electron chi connectivity index (χ2n) is 8.65. The van der Waals surface area contributed by atoms with Crippen LogP contribution in [0, 0.1) is 18.7 Å².